The lowest BCUT2D eigenvalue weighted by atomic mass is 10.1. The molecule has 0 N–H and O–H groups in total. The Morgan fingerprint density at radius 1 is 1.23 bits per heavy atom. The number of methoxy groups -OCH3 is 1. The lowest BCUT2D eigenvalue weighted by Crippen LogP contribution is -2.17. The molecule has 1 aliphatic rings. The largest absolute Gasteiger partial charge is 0.494 e. The molecule has 0 radical (unpaired) electrons. The zero-order valence-electron chi connectivity index (χ0n) is 16.9. The van der Waals surface area contributed by atoms with Gasteiger partial charge in [0.1, 0.15) is 21.9 Å². The van der Waals surface area contributed by atoms with Crippen LogP contribution in [0.5, 0.6) is 5.75 Å². The number of sulfone groups is 1. The smallest absolute Gasteiger partial charge is 0.341 e. The van der Waals surface area contributed by atoms with E-state index in [1.165, 1.54) is 25.6 Å². The lowest BCUT2D eigenvalue weighted by molar-refractivity contribution is 0.0438. The molecular formula is C22H23NO6S. The average Bonchev–Trinajstić information content (AvgIpc) is 3.42. The number of nitrogens with zero attached hydrogens (tertiary/aromatic N) is 1. The molecule has 158 valence electrons. The summed E-state index contributed by atoms with van der Waals surface area (Å²) in [7, 11) is -2.60. The quantitative estimate of drug-likeness (QED) is 0.538. The molecule has 1 aromatic carbocycles. The third-order valence-electron chi connectivity index (χ3n) is 5.55. The first kappa shape index (κ1) is 20.4. The van der Waals surface area contributed by atoms with Crippen molar-refractivity contribution in [2.45, 2.75) is 42.4 Å². The van der Waals surface area contributed by atoms with Crippen molar-refractivity contribution in [3.05, 3.63) is 48.0 Å². The molecule has 0 spiro atoms. The molecule has 0 saturated heterocycles. The fourth-order valence-corrected chi connectivity index (χ4v) is 5.74. The van der Waals surface area contributed by atoms with Crippen molar-refractivity contribution >= 4 is 26.7 Å². The Hall–Kier alpha value is -2.87. The fourth-order valence-electron chi connectivity index (χ4n) is 3.98. The number of benzene rings is 1. The first-order valence-corrected chi connectivity index (χ1v) is 11.3. The van der Waals surface area contributed by atoms with E-state index in [4.69, 9.17) is 13.9 Å². The second-order valence-electron chi connectivity index (χ2n) is 7.45. The van der Waals surface area contributed by atoms with Gasteiger partial charge in [-0.25, -0.2) is 13.2 Å². The van der Waals surface area contributed by atoms with Gasteiger partial charge < -0.3 is 13.9 Å². The minimum Gasteiger partial charge on any atom is -0.494 e. The number of carbonyl (C=O) groups is 1. The highest BCUT2D eigenvalue weighted by Crippen LogP contribution is 2.36. The van der Waals surface area contributed by atoms with Crippen LogP contribution in [0.25, 0.3) is 10.9 Å². The predicted molar refractivity (Wildman–Crippen MR) is 109 cm³/mol. The van der Waals surface area contributed by atoms with Crippen LogP contribution in [0.15, 0.2) is 50.9 Å². The van der Waals surface area contributed by atoms with Gasteiger partial charge >= 0.3 is 5.97 Å². The van der Waals surface area contributed by atoms with E-state index in [0.29, 0.717) is 22.6 Å². The molecule has 1 aliphatic carbocycles. The van der Waals surface area contributed by atoms with Crippen molar-refractivity contribution in [3.8, 4) is 5.75 Å². The van der Waals surface area contributed by atoms with Crippen LogP contribution in [-0.4, -0.2) is 33.1 Å². The van der Waals surface area contributed by atoms with Crippen LogP contribution in [0.2, 0.25) is 0 Å². The van der Waals surface area contributed by atoms with Gasteiger partial charge in [0.15, 0.2) is 0 Å². The fraction of sp³-hybridized carbons (Fsp3) is 0.364. The van der Waals surface area contributed by atoms with E-state index in [0.717, 1.165) is 25.7 Å². The van der Waals surface area contributed by atoms with E-state index < -0.39 is 15.8 Å². The van der Waals surface area contributed by atoms with Gasteiger partial charge in [-0.2, -0.15) is 0 Å². The topological polar surface area (TPSA) is 95.7 Å². The molecule has 0 aliphatic heterocycles. The minimum atomic E-state index is -4.08. The normalized spacial score (nSPS) is 14.9. The van der Waals surface area contributed by atoms with Crippen LogP contribution >= 0.6 is 0 Å². The number of esters is 1. The second kappa shape index (κ2) is 8.10. The van der Waals surface area contributed by atoms with E-state index in [9.17, 15) is 13.2 Å². The van der Waals surface area contributed by atoms with Crippen molar-refractivity contribution in [3.63, 3.8) is 0 Å². The summed E-state index contributed by atoms with van der Waals surface area (Å²) in [6, 6.07) is 6.34. The molecule has 30 heavy (non-hydrogen) atoms. The van der Waals surface area contributed by atoms with Gasteiger partial charge in [-0.3, -0.25) is 4.98 Å². The summed E-state index contributed by atoms with van der Waals surface area (Å²) in [6.45, 7) is 1.84. The van der Waals surface area contributed by atoms with E-state index in [1.807, 2.05) is 0 Å². The number of aromatic nitrogens is 1. The van der Waals surface area contributed by atoms with Gasteiger partial charge in [0, 0.05) is 11.6 Å². The minimum absolute atomic E-state index is 0.00247. The average molecular weight is 429 g/mol. The van der Waals surface area contributed by atoms with Crippen LogP contribution < -0.4 is 4.74 Å². The molecule has 1 fully saturated rings. The molecule has 3 aromatic rings. The van der Waals surface area contributed by atoms with Crippen LogP contribution in [0.1, 0.15) is 41.8 Å². The highest BCUT2D eigenvalue weighted by atomic mass is 32.2. The summed E-state index contributed by atoms with van der Waals surface area (Å²) >= 11 is 0. The van der Waals surface area contributed by atoms with Gasteiger partial charge in [-0.15, -0.1) is 0 Å². The number of hydrogen-bond donors (Lipinski definition) is 0. The number of rotatable bonds is 6. The van der Waals surface area contributed by atoms with Crippen LogP contribution in [-0.2, 0) is 14.6 Å². The summed E-state index contributed by atoms with van der Waals surface area (Å²) in [5, 5.41) is 0.297. The molecular weight excluding hydrogens is 406 g/mol. The Labute approximate surface area is 174 Å². The van der Waals surface area contributed by atoms with Crippen molar-refractivity contribution in [2.75, 3.05) is 13.7 Å². The number of para-hydroxylation sites is 1. The molecule has 0 unspecified atom stereocenters. The van der Waals surface area contributed by atoms with E-state index >= 15 is 0 Å². The maximum Gasteiger partial charge on any atom is 0.341 e. The Kier molecular flexibility index (Phi) is 5.51. The summed E-state index contributed by atoms with van der Waals surface area (Å²) in [5.74, 6) is 0.282. The molecule has 0 bridgehead atoms. The molecule has 0 atom stereocenters. The first-order chi connectivity index (χ1) is 14.4. The van der Waals surface area contributed by atoms with Crippen molar-refractivity contribution < 1.29 is 27.1 Å². The summed E-state index contributed by atoms with van der Waals surface area (Å²) in [6.07, 6.45) is 6.84. The number of fused-ring (bicyclic) bond motifs is 1. The highest BCUT2D eigenvalue weighted by Gasteiger charge is 2.32. The summed E-state index contributed by atoms with van der Waals surface area (Å²) in [5.41, 5.74) is 0.265. The monoisotopic (exact) mass is 429 g/mol. The molecule has 7 nitrogen and oxygen atoms in total. The molecule has 1 saturated carbocycles. The second-order valence-corrected chi connectivity index (χ2v) is 9.31. The van der Waals surface area contributed by atoms with Crippen molar-refractivity contribution in [1.29, 1.82) is 0 Å². The first-order valence-electron chi connectivity index (χ1n) is 9.85. The number of carbonyl (C=O) groups excluding carboxylic acids is 1. The van der Waals surface area contributed by atoms with E-state index in [1.54, 1.807) is 25.1 Å². The van der Waals surface area contributed by atoms with E-state index in [2.05, 4.69) is 4.98 Å². The SMILES string of the molecule is COc1cccc2c(S(=O)(=O)c3ccoc3C)c(C(=O)OCC3CCCC3)cnc12. The molecule has 4 rings (SSSR count). The molecule has 0 amide bonds. The van der Waals surface area contributed by atoms with Crippen LogP contribution in [0, 0.1) is 12.8 Å². The number of hydrogen-bond acceptors (Lipinski definition) is 7. The zero-order chi connectivity index (χ0) is 21.3. The van der Waals surface area contributed by atoms with Gasteiger partial charge in [0.25, 0.3) is 0 Å². The summed E-state index contributed by atoms with van der Waals surface area (Å²) < 4.78 is 43.2. The number of furan rings is 1. The van der Waals surface area contributed by atoms with Gasteiger partial charge in [-0.1, -0.05) is 25.0 Å². The van der Waals surface area contributed by atoms with E-state index in [-0.39, 0.29) is 27.7 Å². The molecule has 8 heteroatoms. The Morgan fingerprint density at radius 2 is 2.00 bits per heavy atom. The lowest BCUT2D eigenvalue weighted by Gasteiger charge is -2.15. The maximum atomic E-state index is 13.6. The van der Waals surface area contributed by atoms with Crippen molar-refractivity contribution in [1.82, 2.24) is 4.98 Å². The third kappa shape index (κ3) is 3.56. The maximum absolute atomic E-state index is 13.6. The van der Waals surface area contributed by atoms with Crippen LogP contribution in [0.3, 0.4) is 0 Å². The van der Waals surface area contributed by atoms with Gasteiger partial charge in [0.05, 0.1) is 30.4 Å². The van der Waals surface area contributed by atoms with Gasteiger partial charge in [0.2, 0.25) is 9.84 Å². The Bertz CT molecular complexity index is 1190. The van der Waals surface area contributed by atoms with Crippen molar-refractivity contribution in [2.24, 2.45) is 5.92 Å². The molecule has 2 aromatic heterocycles. The third-order valence-corrected chi connectivity index (χ3v) is 7.53. The number of pyridine rings is 1. The predicted octanol–water partition coefficient (Wildman–Crippen LogP) is 4.32. The van der Waals surface area contributed by atoms with Gasteiger partial charge in [-0.05, 0) is 37.8 Å². The standard InChI is InChI=1S/C22H23NO6S/c1-14-19(10-11-28-14)30(25,26)21-16-8-5-9-18(27-2)20(16)23-12-17(21)22(24)29-13-15-6-3-4-7-15/h5,8-12,15H,3-4,6-7,13H2,1-2H3. The number of ether oxygens (including phenoxy) is 2. The molecule has 2 heterocycles. The highest BCUT2D eigenvalue weighted by molar-refractivity contribution is 7.91. The summed E-state index contributed by atoms with van der Waals surface area (Å²) in [4.78, 5) is 17.1. The Morgan fingerprint density at radius 3 is 2.67 bits per heavy atom. The Balaban J connectivity index is 1.87. The van der Waals surface area contributed by atoms with Crippen LogP contribution in [0.4, 0.5) is 0 Å². The number of aryl methyl sites for hydroxylation is 1. The zero-order valence-corrected chi connectivity index (χ0v) is 17.7.